The van der Waals surface area contributed by atoms with E-state index in [4.69, 9.17) is 15.8 Å². The standard InChI is InChI=1S/C11H8N2O2.C11H10N2.C6H7BO2.C5H3BrN2O2.4CH4/c14-13(15)10-6-7-11(12-8-10)9-4-2-1-3-5-9;12-10-6-7-11(13-8-10)9-4-2-1-3-5-9;8-7(9)6-4-2-1-3-5-6;6-5-2-1-4(3-7-5)8(9)10;;;;/h1-8H;1-8H,12H2;1-5,8-9H;1-3H;4*1H4. The van der Waals surface area contributed by atoms with Gasteiger partial charge in [-0.15, -0.1) is 0 Å². The Labute approximate surface area is 308 Å². The minimum Gasteiger partial charge on any atom is -0.423 e. The summed E-state index contributed by atoms with van der Waals surface area (Å²) in [5, 5.41) is 37.6. The lowest BCUT2D eigenvalue weighted by molar-refractivity contribution is -0.385. The van der Waals surface area contributed by atoms with Gasteiger partial charge in [-0.2, -0.15) is 0 Å². The second kappa shape index (κ2) is 25.2. The summed E-state index contributed by atoms with van der Waals surface area (Å²) in [7, 11) is -1.34. The molecule has 3 heterocycles. The number of anilines is 1. The number of hydrogen-bond acceptors (Lipinski definition) is 10. The SMILES string of the molecule is C.C.C.C.Nc1ccc(-c2ccccc2)nc1.O=[N+]([O-])c1ccc(-c2ccccc2)nc1.O=[N+]([O-])c1ccc(Br)nc1.OB(O)c1ccccc1. The summed E-state index contributed by atoms with van der Waals surface area (Å²) in [6.45, 7) is 0. The van der Waals surface area contributed by atoms with Crippen molar-refractivity contribution in [2.24, 2.45) is 0 Å². The number of nitrogens with zero attached hydrogens (tertiary/aromatic N) is 5. The van der Waals surface area contributed by atoms with Gasteiger partial charge in [0.15, 0.2) is 0 Å². The van der Waals surface area contributed by atoms with Crippen molar-refractivity contribution in [3.8, 4) is 22.5 Å². The van der Waals surface area contributed by atoms with Gasteiger partial charge in [0.1, 0.15) is 17.0 Å². The Morgan fingerprint density at radius 3 is 1.25 bits per heavy atom. The third-order valence-corrected chi connectivity index (χ3v) is 6.37. The molecule has 3 aromatic heterocycles. The first-order valence-electron chi connectivity index (χ1n) is 13.7. The Hall–Kier alpha value is -5.83. The fourth-order valence-corrected chi connectivity index (χ4v) is 3.79. The summed E-state index contributed by atoms with van der Waals surface area (Å²) in [4.78, 5) is 31.5. The smallest absolute Gasteiger partial charge is 0.423 e. The van der Waals surface area contributed by atoms with Crippen LogP contribution in [0.25, 0.3) is 22.5 Å². The molecule has 0 spiro atoms. The molecule has 0 saturated carbocycles. The predicted octanol–water partition coefficient (Wildman–Crippen LogP) is 8.65. The van der Waals surface area contributed by atoms with Crippen LogP contribution in [-0.2, 0) is 0 Å². The van der Waals surface area contributed by atoms with Crippen LogP contribution in [0, 0.1) is 20.2 Å². The molecule has 14 heteroatoms. The maximum absolute atomic E-state index is 10.4. The Balaban J connectivity index is 0. The van der Waals surface area contributed by atoms with Crippen molar-refractivity contribution in [2.75, 3.05) is 5.73 Å². The fraction of sp³-hybridized carbons (Fsp3) is 0.108. The molecule has 0 bridgehead atoms. The van der Waals surface area contributed by atoms with Crippen LogP contribution in [-0.4, -0.2) is 42.0 Å². The van der Waals surface area contributed by atoms with Crippen molar-refractivity contribution >= 4 is 45.6 Å². The van der Waals surface area contributed by atoms with E-state index in [0.29, 0.717) is 15.8 Å². The topological polar surface area (TPSA) is 191 Å². The largest absolute Gasteiger partial charge is 0.488 e. The van der Waals surface area contributed by atoms with Crippen molar-refractivity contribution in [3.05, 3.63) is 171 Å². The summed E-state index contributed by atoms with van der Waals surface area (Å²) >= 11 is 3.06. The third-order valence-electron chi connectivity index (χ3n) is 5.90. The second-order valence-electron chi connectivity index (χ2n) is 9.25. The maximum Gasteiger partial charge on any atom is 0.488 e. The minimum atomic E-state index is -1.34. The van der Waals surface area contributed by atoms with Gasteiger partial charge in [-0.05, 0) is 45.7 Å². The first-order chi connectivity index (χ1) is 22.6. The molecular weight excluding hydrogens is 715 g/mol. The average molecular weight is 760 g/mol. The monoisotopic (exact) mass is 758 g/mol. The number of nitrogens with two attached hydrogens (primary N) is 1. The summed E-state index contributed by atoms with van der Waals surface area (Å²) < 4.78 is 0.595. The van der Waals surface area contributed by atoms with Gasteiger partial charge < -0.3 is 15.8 Å². The van der Waals surface area contributed by atoms with E-state index in [0.717, 1.165) is 22.5 Å². The molecule has 0 aliphatic rings. The molecule has 0 radical (unpaired) electrons. The van der Waals surface area contributed by atoms with E-state index in [2.05, 4.69) is 30.9 Å². The molecule has 6 aromatic rings. The predicted molar refractivity (Wildman–Crippen MR) is 212 cm³/mol. The molecule has 4 N–H and O–H groups in total. The van der Waals surface area contributed by atoms with Crippen molar-refractivity contribution in [1.29, 1.82) is 0 Å². The summed E-state index contributed by atoms with van der Waals surface area (Å²) in [5.41, 5.74) is 10.5. The van der Waals surface area contributed by atoms with E-state index < -0.39 is 17.0 Å². The molecule has 0 saturated heterocycles. The first kappa shape index (κ1) is 47.3. The van der Waals surface area contributed by atoms with Gasteiger partial charge in [0.2, 0.25) is 0 Å². The molecule has 6 rings (SSSR count). The number of nitro groups is 2. The van der Waals surface area contributed by atoms with Crippen LogP contribution < -0.4 is 11.2 Å². The quantitative estimate of drug-likeness (QED) is 0.0663. The van der Waals surface area contributed by atoms with Gasteiger partial charge in [-0.1, -0.05) is 121 Å². The van der Waals surface area contributed by atoms with Gasteiger partial charge in [0.05, 0.1) is 33.1 Å². The van der Waals surface area contributed by atoms with E-state index in [1.54, 1.807) is 36.5 Å². The zero-order valence-corrected chi connectivity index (χ0v) is 26.2. The van der Waals surface area contributed by atoms with Crippen LogP contribution in [0.15, 0.2) is 151 Å². The Kier molecular flexibility index (Phi) is 23.4. The molecule has 12 nitrogen and oxygen atoms in total. The normalized spacial score (nSPS) is 8.84. The van der Waals surface area contributed by atoms with Crippen LogP contribution >= 0.6 is 15.9 Å². The van der Waals surface area contributed by atoms with Gasteiger partial charge in [0.25, 0.3) is 11.4 Å². The molecule has 0 unspecified atom stereocenters. The van der Waals surface area contributed by atoms with Gasteiger partial charge in [-0.25, -0.2) is 9.97 Å². The number of benzene rings is 3. The highest BCUT2D eigenvalue weighted by Crippen LogP contribution is 2.19. The van der Waals surface area contributed by atoms with E-state index >= 15 is 0 Å². The molecule has 51 heavy (non-hydrogen) atoms. The van der Waals surface area contributed by atoms with E-state index in [1.807, 2.05) is 78.9 Å². The van der Waals surface area contributed by atoms with Crippen molar-refractivity contribution in [2.45, 2.75) is 29.7 Å². The number of pyridine rings is 3. The molecule has 0 atom stereocenters. The van der Waals surface area contributed by atoms with Crippen molar-refractivity contribution in [3.63, 3.8) is 0 Å². The van der Waals surface area contributed by atoms with Crippen LogP contribution in [0.3, 0.4) is 0 Å². The van der Waals surface area contributed by atoms with E-state index in [1.165, 1.54) is 30.6 Å². The third kappa shape index (κ3) is 16.9. The first-order valence-corrected chi connectivity index (χ1v) is 14.5. The lowest BCUT2D eigenvalue weighted by atomic mass is 9.81. The fourth-order valence-electron chi connectivity index (χ4n) is 3.56. The molecule has 0 aliphatic carbocycles. The highest BCUT2D eigenvalue weighted by atomic mass is 79.9. The second-order valence-corrected chi connectivity index (χ2v) is 10.1. The molecule has 0 amide bonds. The average Bonchev–Trinajstić information content (AvgIpc) is 3.11. The van der Waals surface area contributed by atoms with Crippen LogP contribution in [0.4, 0.5) is 17.1 Å². The maximum atomic E-state index is 10.4. The highest BCUT2D eigenvalue weighted by Gasteiger charge is 2.08. The number of hydrogen-bond donors (Lipinski definition) is 3. The van der Waals surface area contributed by atoms with Crippen molar-refractivity contribution < 1.29 is 19.9 Å². The van der Waals surface area contributed by atoms with E-state index in [9.17, 15) is 20.2 Å². The molecule has 0 fully saturated rings. The summed E-state index contributed by atoms with van der Waals surface area (Å²) in [5.74, 6) is 0. The van der Waals surface area contributed by atoms with Crippen LogP contribution in [0.1, 0.15) is 29.7 Å². The molecular formula is C37H44BBrN6O6. The van der Waals surface area contributed by atoms with E-state index in [-0.39, 0.29) is 41.1 Å². The zero-order valence-electron chi connectivity index (χ0n) is 24.7. The zero-order chi connectivity index (χ0) is 34.0. The Morgan fingerprint density at radius 2 is 0.941 bits per heavy atom. The number of nitrogen functional groups attached to an aromatic ring is 1. The van der Waals surface area contributed by atoms with Gasteiger partial charge in [-0.3, -0.25) is 25.2 Å². The Bertz CT molecular complexity index is 1810. The summed E-state index contributed by atoms with van der Waals surface area (Å²) in [6.07, 6.45) is 4.13. The molecule has 3 aromatic carbocycles. The van der Waals surface area contributed by atoms with Crippen LogP contribution in [0.2, 0.25) is 0 Å². The summed E-state index contributed by atoms with van der Waals surface area (Å²) in [6, 6.07) is 38.0. The Morgan fingerprint density at radius 1 is 0.549 bits per heavy atom. The lowest BCUT2D eigenvalue weighted by Crippen LogP contribution is -2.29. The van der Waals surface area contributed by atoms with Crippen LogP contribution in [0.5, 0.6) is 0 Å². The molecule has 268 valence electrons. The number of aromatic nitrogens is 3. The number of halogens is 1. The number of rotatable bonds is 5. The van der Waals surface area contributed by atoms with Crippen molar-refractivity contribution in [1.82, 2.24) is 15.0 Å². The highest BCUT2D eigenvalue weighted by molar-refractivity contribution is 9.10. The van der Waals surface area contributed by atoms with Gasteiger partial charge in [0, 0.05) is 23.3 Å². The lowest BCUT2D eigenvalue weighted by Gasteiger charge is -1.99. The van der Waals surface area contributed by atoms with Gasteiger partial charge >= 0.3 is 7.12 Å². The minimum absolute atomic E-state index is 0. The molecule has 0 aliphatic heterocycles.